The number of rotatable bonds is 3. The topological polar surface area (TPSA) is 28.2 Å². The molecule has 1 atom stereocenters. The fourth-order valence-electron chi connectivity index (χ4n) is 3.31. The zero-order valence-corrected chi connectivity index (χ0v) is 13.1. The number of hydrogen-bond acceptors (Lipinski definition) is 4. The fraction of sp³-hybridized carbons (Fsp3) is 0.800. The summed E-state index contributed by atoms with van der Waals surface area (Å²) in [5, 5.41) is 7.14. The maximum absolute atomic E-state index is 4.56. The largest absolute Gasteiger partial charge is 0.310 e. The summed E-state index contributed by atoms with van der Waals surface area (Å²) in [6, 6.07) is 0. The van der Waals surface area contributed by atoms with Crippen molar-refractivity contribution in [3.8, 4) is 0 Å². The van der Waals surface area contributed by atoms with Gasteiger partial charge in [0, 0.05) is 30.2 Å². The van der Waals surface area contributed by atoms with Gasteiger partial charge >= 0.3 is 0 Å². The third-order valence-corrected chi connectivity index (χ3v) is 5.96. The molecule has 4 heteroatoms. The Morgan fingerprint density at radius 2 is 2.26 bits per heavy atom. The monoisotopic (exact) mass is 279 g/mol. The Morgan fingerprint density at radius 1 is 1.47 bits per heavy atom. The van der Waals surface area contributed by atoms with Crippen molar-refractivity contribution in [2.45, 2.75) is 51.1 Å². The van der Waals surface area contributed by atoms with Crippen molar-refractivity contribution in [2.24, 2.45) is 5.92 Å². The molecule has 1 aromatic rings. The zero-order chi connectivity index (χ0) is 13.5. The van der Waals surface area contributed by atoms with Gasteiger partial charge in [-0.1, -0.05) is 0 Å². The minimum Gasteiger partial charge on any atom is -0.310 e. The minimum atomic E-state index is 0.0519. The molecular weight excluding hydrogens is 254 g/mol. The van der Waals surface area contributed by atoms with Crippen LogP contribution in [0.2, 0.25) is 0 Å². The van der Waals surface area contributed by atoms with Crippen LogP contribution >= 0.6 is 11.3 Å². The van der Waals surface area contributed by atoms with Crippen LogP contribution in [0.15, 0.2) is 11.6 Å². The van der Waals surface area contributed by atoms with Crippen molar-refractivity contribution in [3.05, 3.63) is 16.6 Å². The third-order valence-electron chi connectivity index (χ3n) is 4.88. The summed E-state index contributed by atoms with van der Waals surface area (Å²) < 4.78 is 0. The van der Waals surface area contributed by atoms with E-state index in [9.17, 15) is 0 Å². The van der Waals surface area contributed by atoms with Gasteiger partial charge in [0.2, 0.25) is 0 Å². The molecule has 1 saturated carbocycles. The molecule has 1 N–H and O–H groups in total. The molecule has 1 aliphatic heterocycles. The molecule has 1 aliphatic carbocycles. The van der Waals surface area contributed by atoms with E-state index in [-0.39, 0.29) is 5.54 Å². The van der Waals surface area contributed by atoms with Crippen LogP contribution in [0.5, 0.6) is 0 Å². The van der Waals surface area contributed by atoms with E-state index in [1.54, 1.807) is 11.3 Å². The molecule has 0 bridgehead atoms. The van der Waals surface area contributed by atoms with Crippen molar-refractivity contribution >= 4 is 11.3 Å². The van der Waals surface area contributed by atoms with Crippen LogP contribution in [0.25, 0.3) is 0 Å². The zero-order valence-electron chi connectivity index (χ0n) is 12.3. The molecule has 2 fully saturated rings. The molecule has 1 aromatic heterocycles. The number of nitrogens with one attached hydrogen (secondary N) is 1. The van der Waals surface area contributed by atoms with E-state index in [1.807, 2.05) is 6.20 Å². The molecule has 1 unspecified atom stereocenters. The highest BCUT2D eigenvalue weighted by atomic mass is 32.1. The van der Waals surface area contributed by atoms with E-state index in [2.05, 4.69) is 41.4 Å². The predicted molar refractivity (Wildman–Crippen MR) is 80.5 cm³/mol. The first-order valence-electron chi connectivity index (χ1n) is 7.42. The quantitative estimate of drug-likeness (QED) is 0.922. The van der Waals surface area contributed by atoms with Gasteiger partial charge in [-0.15, -0.1) is 11.3 Å². The summed E-state index contributed by atoms with van der Waals surface area (Å²) in [5.74, 6) is 0.875. The van der Waals surface area contributed by atoms with Crippen LogP contribution in [-0.4, -0.2) is 35.1 Å². The van der Waals surface area contributed by atoms with Gasteiger partial charge in [0.1, 0.15) is 5.01 Å². The summed E-state index contributed by atoms with van der Waals surface area (Å²) in [6.45, 7) is 10.5. The summed E-state index contributed by atoms with van der Waals surface area (Å²) in [7, 11) is 0. The van der Waals surface area contributed by atoms with E-state index < -0.39 is 0 Å². The van der Waals surface area contributed by atoms with E-state index in [0.717, 1.165) is 19.0 Å². The molecule has 1 saturated heterocycles. The van der Waals surface area contributed by atoms with Crippen molar-refractivity contribution < 1.29 is 0 Å². The van der Waals surface area contributed by atoms with E-state index >= 15 is 0 Å². The number of aromatic nitrogens is 1. The highest BCUT2D eigenvalue weighted by Gasteiger charge is 2.45. The van der Waals surface area contributed by atoms with Crippen LogP contribution in [0.3, 0.4) is 0 Å². The maximum Gasteiger partial charge on any atom is 0.112 e. The Kier molecular flexibility index (Phi) is 3.44. The number of hydrogen-bond donors (Lipinski definition) is 1. The molecular formula is C15H25N3S. The second-order valence-corrected chi connectivity index (χ2v) is 7.68. The summed E-state index contributed by atoms with van der Waals surface area (Å²) in [6.07, 6.45) is 5.96. The molecule has 0 amide bonds. The van der Waals surface area contributed by atoms with Crippen molar-refractivity contribution in [1.82, 2.24) is 15.2 Å². The van der Waals surface area contributed by atoms with E-state index in [0.29, 0.717) is 5.54 Å². The summed E-state index contributed by atoms with van der Waals surface area (Å²) in [5.41, 5.74) is 0.349. The minimum absolute atomic E-state index is 0.0519. The Labute approximate surface area is 120 Å². The highest BCUT2D eigenvalue weighted by molar-refractivity contribution is 7.09. The third kappa shape index (κ3) is 2.58. The lowest BCUT2D eigenvalue weighted by molar-refractivity contribution is 0.0893. The van der Waals surface area contributed by atoms with Crippen LogP contribution in [0, 0.1) is 5.92 Å². The van der Waals surface area contributed by atoms with Gasteiger partial charge in [-0.05, 0) is 52.5 Å². The second kappa shape index (κ2) is 4.83. The SMILES string of the molecule is CC1(C2CC2)CN(C(C)(C)c2nccs2)CCCN1. The van der Waals surface area contributed by atoms with Gasteiger partial charge in [0.05, 0.1) is 5.54 Å². The molecule has 2 aliphatic rings. The van der Waals surface area contributed by atoms with Gasteiger partial charge in [-0.3, -0.25) is 4.90 Å². The highest BCUT2D eigenvalue weighted by Crippen LogP contribution is 2.42. The molecule has 2 heterocycles. The molecule has 3 nitrogen and oxygen atoms in total. The summed E-state index contributed by atoms with van der Waals surface area (Å²) >= 11 is 1.78. The van der Waals surface area contributed by atoms with Crippen LogP contribution in [-0.2, 0) is 5.54 Å². The normalized spacial score (nSPS) is 30.3. The lowest BCUT2D eigenvalue weighted by Gasteiger charge is -2.41. The van der Waals surface area contributed by atoms with Crippen molar-refractivity contribution in [1.29, 1.82) is 0 Å². The first-order valence-corrected chi connectivity index (χ1v) is 8.30. The van der Waals surface area contributed by atoms with Crippen molar-refractivity contribution in [2.75, 3.05) is 19.6 Å². The van der Waals surface area contributed by atoms with Gasteiger partial charge in [0.25, 0.3) is 0 Å². The van der Waals surface area contributed by atoms with Gasteiger partial charge < -0.3 is 5.32 Å². The standard InChI is InChI=1S/C15H25N3S/c1-14(2,13-16-8-10-19-13)18-9-4-7-17-15(3,11-18)12-5-6-12/h8,10,12,17H,4-7,9,11H2,1-3H3. The van der Waals surface area contributed by atoms with Gasteiger partial charge in [-0.2, -0.15) is 0 Å². The van der Waals surface area contributed by atoms with E-state index in [1.165, 1.54) is 30.8 Å². The lowest BCUT2D eigenvalue weighted by Crippen LogP contribution is -2.54. The first-order chi connectivity index (χ1) is 9.02. The molecule has 106 valence electrons. The van der Waals surface area contributed by atoms with Crippen LogP contribution in [0.1, 0.15) is 45.0 Å². The van der Waals surface area contributed by atoms with Gasteiger partial charge in [-0.25, -0.2) is 4.98 Å². The van der Waals surface area contributed by atoms with E-state index in [4.69, 9.17) is 0 Å². The van der Waals surface area contributed by atoms with Gasteiger partial charge in [0.15, 0.2) is 0 Å². The van der Waals surface area contributed by atoms with Crippen LogP contribution < -0.4 is 5.32 Å². The Bertz CT molecular complexity index is 425. The Morgan fingerprint density at radius 3 is 2.89 bits per heavy atom. The Balaban J connectivity index is 1.82. The molecule has 19 heavy (non-hydrogen) atoms. The fourth-order valence-corrected chi connectivity index (χ4v) is 4.10. The number of thiazole rings is 1. The average molecular weight is 279 g/mol. The summed E-state index contributed by atoms with van der Waals surface area (Å²) in [4.78, 5) is 7.20. The first kappa shape index (κ1) is 13.5. The van der Waals surface area contributed by atoms with Crippen molar-refractivity contribution in [3.63, 3.8) is 0 Å². The molecule has 0 aromatic carbocycles. The lowest BCUT2D eigenvalue weighted by atomic mass is 9.92. The maximum atomic E-state index is 4.56. The van der Waals surface area contributed by atoms with Crippen LogP contribution in [0.4, 0.5) is 0 Å². The molecule has 3 rings (SSSR count). The molecule has 0 spiro atoms. The molecule has 0 radical (unpaired) electrons. The Hall–Kier alpha value is -0.450. The number of nitrogens with zero attached hydrogens (tertiary/aromatic N) is 2. The predicted octanol–water partition coefficient (Wildman–Crippen LogP) is 2.84. The smallest absolute Gasteiger partial charge is 0.112 e. The second-order valence-electron chi connectivity index (χ2n) is 6.79. The average Bonchev–Trinajstić information content (AvgIpc) is 3.12.